The molecular formula is C14H13ClN2O4. The first kappa shape index (κ1) is 13.9. The van der Waals surface area contributed by atoms with Crippen LogP contribution in [0.5, 0.6) is 0 Å². The number of carbonyl (C=O) groups excluding carboxylic acids is 1. The second-order valence-corrected chi connectivity index (χ2v) is 5.28. The minimum Gasteiger partial charge on any atom is -0.480 e. The van der Waals surface area contributed by atoms with Gasteiger partial charge < -0.3 is 19.7 Å². The molecule has 0 unspecified atom stereocenters. The molecule has 1 aliphatic heterocycles. The molecule has 1 saturated heterocycles. The van der Waals surface area contributed by atoms with E-state index >= 15 is 0 Å². The summed E-state index contributed by atoms with van der Waals surface area (Å²) in [6, 6.07) is 6.00. The quantitative estimate of drug-likeness (QED) is 0.885. The van der Waals surface area contributed by atoms with Crippen molar-refractivity contribution in [2.45, 2.75) is 6.04 Å². The van der Waals surface area contributed by atoms with Crippen molar-refractivity contribution in [2.75, 3.05) is 19.8 Å². The van der Waals surface area contributed by atoms with E-state index in [2.05, 4.69) is 4.98 Å². The van der Waals surface area contributed by atoms with Gasteiger partial charge in [-0.05, 0) is 18.2 Å². The van der Waals surface area contributed by atoms with E-state index in [1.807, 2.05) is 0 Å². The third-order valence-corrected chi connectivity index (χ3v) is 3.72. The van der Waals surface area contributed by atoms with E-state index in [9.17, 15) is 14.7 Å². The minimum absolute atomic E-state index is 0.00707. The average Bonchev–Trinajstić information content (AvgIpc) is 2.89. The number of hydrogen-bond donors (Lipinski definition) is 2. The average molecular weight is 309 g/mol. The molecule has 0 saturated carbocycles. The molecule has 6 nitrogen and oxygen atoms in total. The normalized spacial score (nSPS) is 18.9. The number of H-pyrrole nitrogens is 1. The van der Waals surface area contributed by atoms with Crippen molar-refractivity contribution in [2.24, 2.45) is 0 Å². The van der Waals surface area contributed by atoms with Crippen LogP contribution in [0.25, 0.3) is 10.9 Å². The number of ether oxygens (including phenoxy) is 1. The van der Waals surface area contributed by atoms with Gasteiger partial charge in [0.05, 0.1) is 13.2 Å². The number of rotatable bonds is 2. The standard InChI is InChI=1S/C14H13ClN2O4/c15-9-2-1-8-5-11(16-10(8)6-9)13(18)17-3-4-21-7-12(17)14(19)20/h1-2,5-6,12,16H,3-4,7H2,(H,19,20)/t12-/m0/s1. The Morgan fingerprint density at radius 2 is 2.19 bits per heavy atom. The van der Waals surface area contributed by atoms with E-state index in [1.54, 1.807) is 24.3 Å². The molecular weight excluding hydrogens is 296 g/mol. The first-order valence-electron chi connectivity index (χ1n) is 6.46. The summed E-state index contributed by atoms with van der Waals surface area (Å²) in [4.78, 5) is 28.0. The molecule has 1 aromatic heterocycles. The fourth-order valence-corrected chi connectivity index (χ4v) is 2.59. The van der Waals surface area contributed by atoms with E-state index in [0.717, 1.165) is 10.9 Å². The van der Waals surface area contributed by atoms with Crippen molar-refractivity contribution in [3.8, 4) is 0 Å². The molecule has 1 atom stereocenters. The van der Waals surface area contributed by atoms with Crippen LogP contribution in [-0.2, 0) is 9.53 Å². The number of carbonyl (C=O) groups is 2. The number of nitrogens with one attached hydrogen (secondary N) is 1. The summed E-state index contributed by atoms with van der Waals surface area (Å²) in [7, 11) is 0. The molecule has 110 valence electrons. The van der Waals surface area contributed by atoms with Crippen LogP contribution in [0.15, 0.2) is 24.3 Å². The number of carboxylic acids is 1. The number of aromatic nitrogens is 1. The third kappa shape index (κ3) is 2.59. The number of hydrogen-bond acceptors (Lipinski definition) is 3. The molecule has 0 spiro atoms. The summed E-state index contributed by atoms with van der Waals surface area (Å²) in [5.41, 5.74) is 1.09. The Morgan fingerprint density at radius 3 is 2.95 bits per heavy atom. The number of nitrogens with zero attached hydrogens (tertiary/aromatic N) is 1. The number of halogens is 1. The molecule has 0 bridgehead atoms. The van der Waals surface area contributed by atoms with Gasteiger partial charge in [0.1, 0.15) is 5.69 Å². The van der Waals surface area contributed by atoms with Crippen LogP contribution in [0.3, 0.4) is 0 Å². The van der Waals surface area contributed by atoms with Crippen LogP contribution < -0.4 is 0 Å². The Labute approximate surface area is 125 Å². The molecule has 1 amide bonds. The maximum absolute atomic E-state index is 12.5. The highest BCUT2D eigenvalue weighted by atomic mass is 35.5. The van der Waals surface area contributed by atoms with Crippen LogP contribution >= 0.6 is 11.6 Å². The molecule has 2 heterocycles. The number of aliphatic carboxylic acids is 1. The molecule has 2 aromatic rings. The van der Waals surface area contributed by atoms with E-state index in [4.69, 9.17) is 16.3 Å². The van der Waals surface area contributed by atoms with Gasteiger partial charge in [-0.1, -0.05) is 17.7 Å². The van der Waals surface area contributed by atoms with Crippen LogP contribution in [0, 0.1) is 0 Å². The lowest BCUT2D eigenvalue weighted by Crippen LogP contribution is -2.52. The molecule has 3 rings (SSSR count). The van der Waals surface area contributed by atoms with Crippen molar-refractivity contribution in [3.05, 3.63) is 35.0 Å². The Morgan fingerprint density at radius 1 is 1.38 bits per heavy atom. The zero-order valence-electron chi connectivity index (χ0n) is 11.0. The van der Waals surface area contributed by atoms with E-state index in [0.29, 0.717) is 17.3 Å². The molecule has 0 radical (unpaired) electrons. The predicted octanol–water partition coefficient (Wildman–Crippen LogP) is 1.75. The number of morpholine rings is 1. The van der Waals surface area contributed by atoms with Gasteiger partial charge in [0, 0.05) is 22.5 Å². The number of fused-ring (bicyclic) bond motifs is 1. The molecule has 2 N–H and O–H groups in total. The highest BCUT2D eigenvalue weighted by Crippen LogP contribution is 2.21. The summed E-state index contributed by atoms with van der Waals surface area (Å²) in [5.74, 6) is -1.42. The first-order valence-corrected chi connectivity index (χ1v) is 6.84. The summed E-state index contributed by atoms with van der Waals surface area (Å²) in [6.07, 6.45) is 0. The van der Waals surface area contributed by atoms with Crippen LogP contribution in [0.1, 0.15) is 10.5 Å². The summed E-state index contributed by atoms with van der Waals surface area (Å²) in [5, 5.41) is 10.6. The van der Waals surface area contributed by atoms with E-state index < -0.39 is 12.0 Å². The first-order chi connectivity index (χ1) is 10.1. The van der Waals surface area contributed by atoms with Crippen molar-refractivity contribution >= 4 is 34.4 Å². The monoisotopic (exact) mass is 308 g/mol. The summed E-state index contributed by atoms with van der Waals surface area (Å²) in [6.45, 7) is 0.598. The predicted molar refractivity (Wildman–Crippen MR) is 76.6 cm³/mol. The van der Waals surface area contributed by atoms with Gasteiger partial charge in [-0.15, -0.1) is 0 Å². The molecule has 1 aliphatic rings. The zero-order chi connectivity index (χ0) is 15.0. The lowest BCUT2D eigenvalue weighted by Gasteiger charge is -2.32. The fraction of sp³-hybridized carbons (Fsp3) is 0.286. The van der Waals surface area contributed by atoms with Crippen molar-refractivity contribution in [3.63, 3.8) is 0 Å². The highest BCUT2D eigenvalue weighted by molar-refractivity contribution is 6.31. The van der Waals surface area contributed by atoms with Crippen molar-refractivity contribution < 1.29 is 19.4 Å². The van der Waals surface area contributed by atoms with E-state index in [1.165, 1.54) is 4.90 Å². The maximum atomic E-state index is 12.5. The third-order valence-electron chi connectivity index (χ3n) is 3.49. The van der Waals surface area contributed by atoms with Gasteiger partial charge in [0.15, 0.2) is 6.04 Å². The number of amides is 1. The van der Waals surface area contributed by atoms with Gasteiger partial charge in [-0.25, -0.2) is 4.79 Å². The Hall–Kier alpha value is -2.05. The minimum atomic E-state index is -1.07. The Kier molecular flexibility index (Phi) is 3.57. The molecule has 1 aromatic carbocycles. The van der Waals surface area contributed by atoms with Gasteiger partial charge in [-0.2, -0.15) is 0 Å². The Balaban J connectivity index is 1.93. The fourth-order valence-electron chi connectivity index (χ4n) is 2.42. The van der Waals surface area contributed by atoms with Gasteiger partial charge in [0.25, 0.3) is 5.91 Å². The second kappa shape index (κ2) is 5.38. The number of aromatic amines is 1. The lowest BCUT2D eigenvalue weighted by atomic mass is 10.2. The van der Waals surface area contributed by atoms with Crippen LogP contribution in [0.2, 0.25) is 5.02 Å². The van der Waals surface area contributed by atoms with Crippen molar-refractivity contribution in [1.82, 2.24) is 9.88 Å². The SMILES string of the molecule is O=C(O)[C@@H]1COCCN1C(=O)c1cc2ccc(Cl)cc2[nH]1. The maximum Gasteiger partial charge on any atom is 0.328 e. The largest absolute Gasteiger partial charge is 0.480 e. The van der Waals surface area contributed by atoms with Gasteiger partial charge in [0.2, 0.25) is 0 Å². The second-order valence-electron chi connectivity index (χ2n) is 4.84. The molecule has 21 heavy (non-hydrogen) atoms. The Bertz CT molecular complexity index is 712. The molecule has 7 heteroatoms. The van der Waals surface area contributed by atoms with Crippen LogP contribution in [-0.4, -0.2) is 52.7 Å². The molecule has 1 fully saturated rings. The summed E-state index contributed by atoms with van der Waals surface area (Å²) < 4.78 is 5.13. The topological polar surface area (TPSA) is 82.6 Å². The smallest absolute Gasteiger partial charge is 0.328 e. The van der Waals surface area contributed by atoms with E-state index in [-0.39, 0.29) is 19.1 Å². The lowest BCUT2D eigenvalue weighted by molar-refractivity contribution is -0.147. The van der Waals surface area contributed by atoms with Gasteiger partial charge >= 0.3 is 5.97 Å². The van der Waals surface area contributed by atoms with Crippen LogP contribution in [0.4, 0.5) is 0 Å². The number of benzene rings is 1. The highest BCUT2D eigenvalue weighted by Gasteiger charge is 2.33. The number of carboxylic acid groups (broad SMARTS) is 1. The molecule has 0 aliphatic carbocycles. The zero-order valence-corrected chi connectivity index (χ0v) is 11.8. The van der Waals surface area contributed by atoms with Gasteiger partial charge in [-0.3, -0.25) is 4.79 Å². The van der Waals surface area contributed by atoms with Crippen molar-refractivity contribution in [1.29, 1.82) is 0 Å². The summed E-state index contributed by atoms with van der Waals surface area (Å²) >= 11 is 5.91.